The van der Waals surface area contributed by atoms with E-state index in [4.69, 9.17) is 16.3 Å². The molecule has 2 aromatic rings. The van der Waals surface area contributed by atoms with Crippen molar-refractivity contribution in [2.24, 2.45) is 0 Å². The van der Waals surface area contributed by atoms with Gasteiger partial charge in [0, 0.05) is 35.5 Å². The van der Waals surface area contributed by atoms with E-state index in [0.717, 1.165) is 16.4 Å². The second-order valence-corrected chi connectivity index (χ2v) is 6.16. The Kier molecular flexibility index (Phi) is 3.94. The van der Waals surface area contributed by atoms with E-state index in [1.54, 1.807) is 0 Å². The van der Waals surface area contributed by atoms with Crippen molar-refractivity contribution in [3.8, 4) is 11.3 Å². The molecule has 1 saturated heterocycles. The number of aromatic nitrogens is 1. The molecule has 20 heavy (non-hydrogen) atoms. The van der Waals surface area contributed by atoms with Crippen molar-refractivity contribution in [2.75, 3.05) is 25.1 Å². The lowest BCUT2D eigenvalue weighted by Crippen LogP contribution is -2.37. The fourth-order valence-electron chi connectivity index (χ4n) is 2.12. The summed E-state index contributed by atoms with van der Waals surface area (Å²) in [5, 5.41) is 16.8. The molecule has 1 fully saturated rings. The van der Waals surface area contributed by atoms with Crippen LogP contribution in [-0.4, -0.2) is 35.5 Å². The number of benzene rings is 1. The number of hydrogen-bond acceptors (Lipinski definition) is 5. The molecule has 0 bridgehead atoms. The molecule has 3 rings (SSSR count). The lowest BCUT2D eigenvalue weighted by Gasteiger charge is -2.20. The SMILES string of the molecule is O[C@]1(CNc2nc(-c3ccccc3Cl)cs2)CCOC1. The lowest BCUT2D eigenvalue weighted by atomic mass is 10.0. The molecular formula is C14H15ClN2O2S. The van der Waals surface area contributed by atoms with E-state index in [2.05, 4.69) is 10.3 Å². The number of ether oxygens (including phenoxy) is 1. The Morgan fingerprint density at radius 3 is 3.05 bits per heavy atom. The summed E-state index contributed by atoms with van der Waals surface area (Å²) in [5.74, 6) is 0. The first-order valence-corrected chi connectivity index (χ1v) is 7.66. The lowest BCUT2D eigenvalue weighted by molar-refractivity contribution is 0.0382. The molecule has 6 heteroatoms. The highest BCUT2D eigenvalue weighted by Gasteiger charge is 2.32. The van der Waals surface area contributed by atoms with Crippen LogP contribution in [0, 0.1) is 0 Å². The Morgan fingerprint density at radius 1 is 1.45 bits per heavy atom. The Bertz CT molecular complexity index is 596. The third-order valence-electron chi connectivity index (χ3n) is 3.31. The van der Waals surface area contributed by atoms with E-state index in [9.17, 15) is 5.11 Å². The molecule has 106 valence electrons. The molecule has 2 heterocycles. The highest BCUT2D eigenvalue weighted by atomic mass is 35.5. The van der Waals surface area contributed by atoms with Crippen LogP contribution < -0.4 is 5.32 Å². The van der Waals surface area contributed by atoms with Crippen LogP contribution in [0.5, 0.6) is 0 Å². The molecule has 0 unspecified atom stereocenters. The van der Waals surface area contributed by atoms with Crippen LogP contribution in [-0.2, 0) is 4.74 Å². The number of thiazole rings is 1. The van der Waals surface area contributed by atoms with Crippen LogP contribution in [0.4, 0.5) is 5.13 Å². The third-order valence-corrected chi connectivity index (χ3v) is 4.43. The molecule has 2 N–H and O–H groups in total. The van der Waals surface area contributed by atoms with Gasteiger partial charge in [0.2, 0.25) is 0 Å². The van der Waals surface area contributed by atoms with Crippen molar-refractivity contribution in [2.45, 2.75) is 12.0 Å². The van der Waals surface area contributed by atoms with Gasteiger partial charge in [-0.15, -0.1) is 11.3 Å². The maximum atomic E-state index is 10.2. The summed E-state index contributed by atoms with van der Waals surface area (Å²) in [6.07, 6.45) is 0.656. The first-order chi connectivity index (χ1) is 9.66. The van der Waals surface area contributed by atoms with Gasteiger partial charge in [0.15, 0.2) is 5.13 Å². The average molecular weight is 311 g/mol. The van der Waals surface area contributed by atoms with Gasteiger partial charge in [-0.25, -0.2) is 4.98 Å². The van der Waals surface area contributed by atoms with Gasteiger partial charge in [-0.1, -0.05) is 29.8 Å². The van der Waals surface area contributed by atoms with Gasteiger partial charge >= 0.3 is 0 Å². The first-order valence-electron chi connectivity index (χ1n) is 6.41. The minimum atomic E-state index is -0.782. The maximum absolute atomic E-state index is 10.2. The molecule has 0 spiro atoms. The molecule has 1 aliphatic rings. The summed E-state index contributed by atoms with van der Waals surface area (Å²) >= 11 is 7.66. The molecule has 4 nitrogen and oxygen atoms in total. The molecule has 1 aromatic carbocycles. The summed E-state index contributed by atoms with van der Waals surface area (Å²) < 4.78 is 5.21. The standard InChI is InChI=1S/C14H15ClN2O2S/c15-11-4-2-1-3-10(11)12-7-20-13(17-12)16-8-14(18)5-6-19-9-14/h1-4,7,18H,5-6,8-9H2,(H,16,17)/t14-/m0/s1. The van der Waals surface area contributed by atoms with Gasteiger partial charge in [-0.2, -0.15) is 0 Å². The minimum absolute atomic E-state index is 0.378. The Hall–Kier alpha value is -1.14. The van der Waals surface area contributed by atoms with Crippen LogP contribution >= 0.6 is 22.9 Å². The number of anilines is 1. The summed E-state index contributed by atoms with van der Waals surface area (Å²) in [6.45, 7) is 1.44. The molecule has 0 saturated carbocycles. The van der Waals surface area contributed by atoms with Crippen molar-refractivity contribution >= 4 is 28.1 Å². The molecule has 0 aliphatic carbocycles. The number of hydrogen-bond donors (Lipinski definition) is 2. The van der Waals surface area contributed by atoms with Crippen molar-refractivity contribution in [1.29, 1.82) is 0 Å². The van der Waals surface area contributed by atoms with Gasteiger partial charge in [0.1, 0.15) is 5.60 Å². The number of nitrogens with one attached hydrogen (secondary N) is 1. The monoisotopic (exact) mass is 310 g/mol. The van der Waals surface area contributed by atoms with E-state index in [0.29, 0.717) is 31.2 Å². The zero-order chi connectivity index (χ0) is 14.0. The third kappa shape index (κ3) is 2.96. The molecule has 1 atom stereocenters. The van der Waals surface area contributed by atoms with E-state index < -0.39 is 5.60 Å². The summed E-state index contributed by atoms with van der Waals surface area (Å²) in [6, 6.07) is 7.63. The first kappa shape index (κ1) is 13.8. The van der Waals surface area contributed by atoms with Crippen LogP contribution in [0.3, 0.4) is 0 Å². The highest BCUT2D eigenvalue weighted by molar-refractivity contribution is 7.14. The topological polar surface area (TPSA) is 54.4 Å². The van der Waals surface area contributed by atoms with Gasteiger partial charge in [-0.05, 0) is 6.07 Å². The summed E-state index contributed by atoms with van der Waals surface area (Å²) in [4.78, 5) is 4.50. The molecular weight excluding hydrogens is 296 g/mol. The normalized spacial score (nSPS) is 22.1. The number of nitrogens with zero attached hydrogens (tertiary/aromatic N) is 1. The second-order valence-electron chi connectivity index (χ2n) is 4.90. The predicted molar refractivity (Wildman–Crippen MR) is 81.4 cm³/mol. The second kappa shape index (κ2) is 5.69. The van der Waals surface area contributed by atoms with Crippen molar-refractivity contribution in [1.82, 2.24) is 4.98 Å². The van der Waals surface area contributed by atoms with Gasteiger partial charge in [-0.3, -0.25) is 0 Å². The minimum Gasteiger partial charge on any atom is -0.386 e. The quantitative estimate of drug-likeness (QED) is 0.911. The zero-order valence-electron chi connectivity index (χ0n) is 10.8. The molecule has 0 radical (unpaired) electrons. The van der Waals surface area contributed by atoms with Gasteiger partial charge < -0.3 is 15.2 Å². The Labute approximate surface area is 126 Å². The predicted octanol–water partition coefficient (Wildman–Crippen LogP) is 3.03. The largest absolute Gasteiger partial charge is 0.386 e. The van der Waals surface area contributed by atoms with Crippen LogP contribution in [0.25, 0.3) is 11.3 Å². The van der Waals surface area contributed by atoms with E-state index in [-0.39, 0.29) is 0 Å². The van der Waals surface area contributed by atoms with E-state index >= 15 is 0 Å². The molecule has 0 amide bonds. The zero-order valence-corrected chi connectivity index (χ0v) is 12.4. The fourth-order valence-corrected chi connectivity index (χ4v) is 3.07. The van der Waals surface area contributed by atoms with Gasteiger partial charge in [0.25, 0.3) is 0 Å². The number of aliphatic hydroxyl groups is 1. The van der Waals surface area contributed by atoms with Crippen molar-refractivity contribution < 1.29 is 9.84 Å². The molecule has 1 aliphatic heterocycles. The number of halogens is 1. The fraction of sp³-hybridized carbons (Fsp3) is 0.357. The maximum Gasteiger partial charge on any atom is 0.183 e. The van der Waals surface area contributed by atoms with Gasteiger partial charge in [0.05, 0.1) is 12.3 Å². The van der Waals surface area contributed by atoms with E-state index in [1.807, 2.05) is 29.6 Å². The highest BCUT2D eigenvalue weighted by Crippen LogP contribution is 2.30. The molecule has 1 aromatic heterocycles. The average Bonchev–Trinajstić information content (AvgIpc) is 3.07. The Balaban J connectivity index is 1.70. The smallest absolute Gasteiger partial charge is 0.183 e. The van der Waals surface area contributed by atoms with E-state index in [1.165, 1.54) is 11.3 Å². The van der Waals surface area contributed by atoms with Crippen LogP contribution in [0.1, 0.15) is 6.42 Å². The number of rotatable bonds is 4. The Morgan fingerprint density at radius 2 is 2.30 bits per heavy atom. The van der Waals surface area contributed by atoms with Crippen molar-refractivity contribution in [3.63, 3.8) is 0 Å². The van der Waals surface area contributed by atoms with Crippen LogP contribution in [0.2, 0.25) is 5.02 Å². The van der Waals surface area contributed by atoms with Crippen molar-refractivity contribution in [3.05, 3.63) is 34.7 Å². The summed E-state index contributed by atoms with van der Waals surface area (Å²) in [7, 11) is 0. The van der Waals surface area contributed by atoms with Crippen LogP contribution in [0.15, 0.2) is 29.6 Å². The summed E-state index contributed by atoms with van der Waals surface area (Å²) in [5.41, 5.74) is 0.982.